The van der Waals surface area contributed by atoms with Crippen LogP contribution >= 0.6 is 0 Å². The van der Waals surface area contributed by atoms with Crippen LogP contribution in [0.15, 0.2) is 0 Å². The zero-order chi connectivity index (χ0) is 21.3. The van der Waals surface area contributed by atoms with Gasteiger partial charge in [0.05, 0.1) is 5.60 Å². The van der Waals surface area contributed by atoms with Crippen LogP contribution in [0.4, 0.5) is 0 Å². The number of unbranched alkanes of at least 4 members (excludes halogenated alkanes) is 16. The van der Waals surface area contributed by atoms with Crippen LogP contribution in [-0.4, -0.2) is 12.2 Å². The van der Waals surface area contributed by atoms with Crippen LogP contribution in [0.25, 0.3) is 0 Å². The molecule has 3 unspecified atom stereocenters. The molecule has 30 heavy (non-hydrogen) atoms. The summed E-state index contributed by atoms with van der Waals surface area (Å²) in [7, 11) is 0. The molecule has 2 saturated carbocycles. The number of ether oxygens (including phenoxy) is 1. The molecule has 2 bridgehead atoms. The molecule has 2 aliphatic carbocycles. The molecule has 0 N–H and O–H groups in total. The Labute approximate surface area is 190 Å². The first kappa shape index (κ1) is 26.2. The van der Waals surface area contributed by atoms with E-state index in [1.807, 2.05) is 0 Å². The molecule has 0 saturated heterocycles. The fraction of sp³-hybridized carbons (Fsp3) is 1.00. The lowest BCUT2D eigenvalue weighted by molar-refractivity contribution is -0.0757. The van der Waals surface area contributed by atoms with Gasteiger partial charge in [0.15, 0.2) is 0 Å². The molecule has 1 nitrogen and oxygen atoms in total. The zero-order valence-electron chi connectivity index (χ0n) is 21.0. The topological polar surface area (TPSA) is 9.23 Å². The molecular weight excluding hydrogens is 364 g/mol. The summed E-state index contributed by atoms with van der Waals surface area (Å²) >= 11 is 0. The van der Waals surface area contributed by atoms with E-state index in [0.717, 1.165) is 18.4 Å². The smallest absolute Gasteiger partial charge is 0.0713 e. The fourth-order valence-corrected chi connectivity index (χ4v) is 6.35. The van der Waals surface area contributed by atoms with E-state index < -0.39 is 0 Å². The van der Waals surface area contributed by atoms with Crippen molar-refractivity contribution in [3.05, 3.63) is 0 Å². The van der Waals surface area contributed by atoms with Gasteiger partial charge in [-0.25, -0.2) is 0 Å². The molecule has 0 aromatic carbocycles. The van der Waals surface area contributed by atoms with E-state index in [0.29, 0.717) is 5.60 Å². The first-order valence-corrected chi connectivity index (χ1v) is 14.4. The molecule has 2 aliphatic rings. The van der Waals surface area contributed by atoms with Crippen molar-refractivity contribution in [2.24, 2.45) is 11.8 Å². The average molecular weight is 421 g/mol. The lowest BCUT2D eigenvalue weighted by Crippen LogP contribution is -2.36. The Morgan fingerprint density at radius 3 is 1.67 bits per heavy atom. The Kier molecular flexibility index (Phi) is 14.5. The molecule has 3 atom stereocenters. The van der Waals surface area contributed by atoms with Crippen LogP contribution in [0.5, 0.6) is 0 Å². The summed E-state index contributed by atoms with van der Waals surface area (Å²) in [5.41, 5.74) is 0.311. The Bertz CT molecular complexity index is 392. The third kappa shape index (κ3) is 10.1. The van der Waals surface area contributed by atoms with Gasteiger partial charge in [0.25, 0.3) is 0 Å². The Hall–Kier alpha value is -0.0400. The third-order valence-corrected chi connectivity index (χ3v) is 8.27. The van der Waals surface area contributed by atoms with Crippen LogP contribution in [0.1, 0.15) is 162 Å². The second-order valence-electron chi connectivity index (χ2n) is 10.9. The molecule has 0 spiro atoms. The predicted octanol–water partition coefficient (Wildman–Crippen LogP) is 10.0. The molecule has 1 heteroatoms. The third-order valence-electron chi connectivity index (χ3n) is 8.27. The number of hydrogen-bond acceptors (Lipinski definition) is 1. The lowest BCUT2D eigenvalue weighted by atomic mass is 9.81. The molecule has 0 aromatic heterocycles. The first-order valence-electron chi connectivity index (χ1n) is 14.4. The van der Waals surface area contributed by atoms with E-state index in [9.17, 15) is 0 Å². The molecule has 0 aromatic rings. The largest absolute Gasteiger partial charge is 0.375 e. The quantitative estimate of drug-likeness (QED) is 0.168. The minimum Gasteiger partial charge on any atom is -0.375 e. The Morgan fingerprint density at radius 2 is 1.13 bits per heavy atom. The summed E-state index contributed by atoms with van der Waals surface area (Å²) in [6, 6.07) is 0. The highest BCUT2D eigenvalue weighted by atomic mass is 16.5. The summed E-state index contributed by atoms with van der Waals surface area (Å²) in [4.78, 5) is 0. The van der Waals surface area contributed by atoms with Crippen molar-refractivity contribution >= 4 is 0 Å². The standard InChI is InChI=1S/C29H56O/c1-3-5-7-9-11-12-13-14-15-16-18-20-24-30-29-23-22-27(26-29)25-28(29)21-19-17-10-8-6-4-2/h27-28H,3-26H2,1-2H3. The van der Waals surface area contributed by atoms with Gasteiger partial charge < -0.3 is 4.74 Å². The normalized spacial score (nSPS) is 25.4. The highest BCUT2D eigenvalue weighted by Crippen LogP contribution is 2.55. The molecule has 2 rings (SSSR count). The Balaban J connectivity index is 1.44. The van der Waals surface area contributed by atoms with Gasteiger partial charge in [0.1, 0.15) is 0 Å². The van der Waals surface area contributed by atoms with E-state index in [2.05, 4.69) is 13.8 Å². The van der Waals surface area contributed by atoms with Crippen LogP contribution in [-0.2, 0) is 4.74 Å². The van der Waals surface area contributed by atoms with Crippen molar-refractivity contribution in [3.8, 4) is 0 Å². The van der Waals surface area contributed by atoms with Crippen LogP contribution in [0.2, 0.25) is 0 Å². The van der Waals surface area contributed by atoms with Gasteiger partial charge >= 0.3 is 0 Å². The highest BCUT2D eigenvalue weighted by molar-refractivity contribution is 5.03. The van der Waals surface area contributed by atoms with Crippen molar-refractivity contribution in [1.29, 1.82) is 0 Å². The van der Waals surface area contributed by atoms with Crippen LogP contribution in [0.3, 0.4) is 0 Å². The fourth-order valence-electron chi connectivity index (χ4n) is 6.35. The number of hydrogen-bond donors (Lipinski definition) is 0. The minimum atomic E-state index is 0.311. The van der Waals surface area contributed by atoms with E-state index in [1.165, 1.54) is 148 Å². The summed E-state index contributed by atoms with van der Waals surface area (Å²) in [5.74, 6) is 1.89. The van der Waals surface area contributed by atoms with Crippen molar-refractivity contribution in [3.63, 3.8) is 0 Å². The van der Waals surface area contributed by atoms with Gasteiger partial charge in [-0.15, -0.1) is 0 Å². The minimum absolute atomic E-state index is 0.311. The Morgan fingerprint density at radius 1 is 0.633 bits per heavy atom. The zero-order valence-corrected chi connectivity index (χ0v) is 21.0. The van der Waals surface area contributed by atoms with E-state index >= 15 is 0 Å². The lowest BCUT2D eigenvalue weighted by Gasteiger charge is -2.35. The van der Waals surface area contributed by atoms with Crippen LogP contribution < -0.4 is 0 Å². The maximum Gasteiger partial charge on any atom is 0.0713 e. The summed E-state index contributed by atoms with van der Waals surface area (Å²) in [5, 5.41) is 0. The predicted molar refractivity (Wildman–Crippen MR) is 133 cm³/mol. The van der Waals surface area contributed by atoms with Crippen molar-refractivity contribution in [2.75, 3.05) is 6.61 Å². The van der Waals surface area contributed by atoms with Gasteiger partial charge in [0.2, 0.25) is 0 Å². The van der Waals surface area contributed by atoms with Crippen molar-refractivity contribution in [2.45, 2.75) is 167 Å². The van der Waals surface area contributed by atoms with Gasteiger partial charge in [-0.3, -0.25) is 0 Å². The van der Waals surface area contributed by atoms with Gasteiger partial charge in [-0.2, -0.15) is 0 Å². The highest BCUT2D eigenvalue weighted by Gasteiger charge is 2.52. The van der Waals surface area contributed by atoms with Gasteiger partial charge in [0, 0.05) is 6.61 Å². The molecule has 178 valence electrons. The first-order chi connectivity index (χ1) is 14.8. The second kappa shape index (κ2) is 16.6. The van der Waals surface area contributed by atoms with E-state index in [-0.39, 0.29) is 0 Å². The van der Waals surface area contributed by atoms with Crippen molar-refractivity contribution in [1.82, 2.24) is 0 Å². The van der Waals surface area contributed by atoms with Crippen molar-refractivity contribution < 1.29 is 4.74 Å². The summed E-state index contributed by atoms with van der Waals surface area (Å²) in [6.07, 6.45) is 32.9. The average Bonchev–Trinajstić information content (AvgIpc) is 3.32. The summed E-state index contributed by atoms with van der Waals surface area (Å²) < 4.78 is 6.68. The number of rotatable bonds is 21. The molecule has 0 aliphatic heterocycles. The number of fused-ring (bicyclic) bond motifs is 2. The molecule has 2 fully saturated rings. The molecule has 0 radical (unpaired) electrons. The molecule has 0 heterocycles. The molecular formula is C29H56O. The monoisotopic (exact) mass is 420 g/mol. The van der Waals surface area contributed by atoms with Crippen LogP contribution in [0, 0.1) is 11.8 Å². The van der Waals surface area contributed by atoms with Gasteiger partial charge in [-0.1, -0.05) is 123 Å². The van der Waals surface area contributed by atoms with E-state index in [4.69, 9.17) is 4.74 Å². The van der Waals surface area contributed by atoms with Gasteiger partial charge in [-0.05, 0) is 50.4 Å². The SMILES string of the molecule is CCCCCCCCCCCCCCOC12CCC(CC1CCCCCCCC)C2. The second-order valence-corrected chi connectivity index (χ2v) is 10.9. The maximum absolute atomic E-state index is 6.68. The van der Waals surface area contributed by atoms with E-state index in [1.54, 1.807) is 0 Å². The summed E-state index contributed by atoms with van der Waals surface area (Å²) in [6.45, 7) is 5.65. The maximum atomic E-state index is 6.68. The molecule has 0 amide bonds.